The summed E-state index contributed by atoms with van der Waals surface area (Å²) in [5, 5.41) is 0. The number of benzene rings is 4. The molecule has 2 aliphatic carbocycles. The largest absolute Gasteiger partial charge is 0.0626 e. The van der Waals surface area contributed by atoms with Gasteiger partial charge >= 0.3 is 0 Å². The van der Waals surface area contributed by atoms with Gasteiger partial charge in [-0.25, -0.2) is 0 Å². The first kappa shape index (κ1) is 31.6. The van der Waals surface area contributed by atoms with Crippen LogP contribution in [0, 0.1) is 11.8 Å². The van der Waals surface area contributed by atoms with Crippen LogP contribution in [0.1, 0.15) is 99.6 Å². The fourth-order valence-electron chi connectivity index (χ4n) is 8.27. The Morgan fingerprint density at radius 1 is 0.533 bits per heavy atom. The molecule has 0 bridgehead atoms. The molecule has 4 aromatic carbocycles. The van der Waals surface area contributed by atoms with Gasteiger partial charge in [0.05, 0.1) is 0 Å². The van der Waals surface area contributed by atoms with Gasteiger partial charge < -0.3 is 0 Å². The van der Waals surface area contributed by atoms with E-state index in [-0.39, 0.29) is 9.52 Å². The summed E-state index contributed by atoms with van der Waals surface area (Å²) >= 11 is 0. The lowest BCUT2D eigenvalue weighted by atomic mass is 9.86. The average Bonchev–Trinajstić information content (AvgIpc) is 3.58. The maximum atomic E-state index is 2.59. The van der Waals surface area contributed by atoms with E-state index in [0.29, 0.717) is 23.7 Å². The summed E-state index contributed by atoms with van der Waals surface area (Å²) in [6.07, 6.45) is 9.73. The molecule has 0 aromatic heterocycles. The van der Waals surface area contributed by atoms with Crippen molar-refractivity contribution >= 4 is 21.7 Å². The molecule has 0 saturated heterocycles. The van der Waals surface area contributed by atoms with Gasteiger partial charge in [0.15, 0.2) is 0 Å². The van der Waals surface area contributed by atoms with E-state index in [9.17, 15) is 0 Å². The third kappa shape index (κ3) is 6.47. The summed E-state index contributed by atoms with van der Waals surface area (Å²) in [7, 11) is -0.296. The maximum Gasteiger partial charge on any atom is 0.0218 e. The van der Waals surface area contributed by atoms with Gasteiger partial charge in [-0.05, 0) is 93.2 Å². The lowest BCUT2D eigenvalue weighted by Crippen LogP contribution is -2.09. The molecule has 0 heterocycles. The fourth-order valence-corrected chi connectivity index (χ4v) is 10.7. The average molecular weight is 609 g/mol. The zero-order valence-electron chi connectivity index (χ0n) is 28.5. The number of fused-ring (bicyclic) bond motifs is 2. The van der Waals surface area contributed by atoms with E-state index in [2.05, 4.69) is 139 Å². The molecule has 2 unspecified atom stereocenters. The topological polar surface area (TPSA) is 0 Å². The van der Waals surface area contributed by atoms with Gasteiger partial charge in [-0.3, -0.25) is 0 Å². The van der Waals surface area contributed by atoms with Crippen molar-refractivity contribution in [2.24, 2.45) is 11.8 Å². The first-order valence-corrected chi connectivity index (χ1v) is 19.7. The smallest absolute Gasteiger partial charge is 0.0218 e. The summed E-state index contributed by atoms with van der Waals surface area (Å²) in [6, 6.07) is 35.0. The molecule has 232 valence electrons. The minimum absolute atomic E-state index is 0.296. The molecule has 0 aliphatic heterocycles. The Morgan fingerprint density at radius 3 is 1.29 bits per heavy atom. The highest BCUT2D eigenvalue weighted by Crippen LogP contribution is 2.48. The Labute approximate surface area is 275 Å². The number of hydrogen-bond acceptors (Lipinski definition) is 0. The second-order valence-corrected chi connectivity index (χ2v) is 16.2. The molecule has 2 atom stereocenters. The first-order valence-electron chi connectivity index (χ1n) is 17.7. The summed E-state index contributed by atoms with van der Waals surface area (Å²) in [4.78, 5) is 0. The maximum absolute atomic E-state index is 2.59. The van der Waals surface area contributed by atoms with Gasteiger partial charge in [0.2, 0.25) is 0 Å². The second-order valence-electron chi connectivity index (χ2n) is 14.3. The van der Waals surface area contributed by atoms with Gasteiger partial charge in [0.25, 0.3) is 0 Å². The molecule has 4 aromatic rings. The number of allylic oxidation sites excluding steroid dienone is 2. The van der Waals surface area contributed by atoms with E-state index in [0.717, 1.165) is 25.7 Å². The molecular formula is C44H52Si. The van der Waals surface area contributed by atoms with E-state index >= 15 is 0 Å². The third-order valence-corrected chi connectivity index (χ3v) is 12.2. The molecule has 0 N–H and O–H groups in total. The van der Waals surface area contributed by atoms with Gasteiger partial charge in [0, 0.05) is 21.4 Å². The molecule has 0 saturated carbocycles. The molecule has 0 fully saturated rings. The predicted octanol–water partition coefficient (Wildman–Crippen LogP) is 11.9. The molecule has 0 spiro atoms. The van der Waals surface area contributed by atoms with Crippen molar-refractivity contribution in [1.29, 1.82) is 0 Å². The van der Waals surface area contributed by atoms with E-state index < -0.39 is 0 Å². The molecular weight excluding hydrogens is 557 g/mol. The van der Waals surface area contributed by atoms with Crippen molar-refractivity contribution in [2.45, 2.75) is 91.1 Å². The van der Waals surface area contributed by atoms with Crippen LogP contribution in [-0.4, -0.2) is 9.52 Å². The van der Waals surface area contributed by atoms with Crippen molar-refractivity contribution < 1.29 is 0 Å². The van der Waals surface area contributed by atoms with Crippen LogP contribution in [0.3, 0.4) is 0 Å². The van der Waals surface area contributed by atoms with E-state index in [4.69, 9.17) is 0 Å². The zero-order chi connectivity index (χ0) is 31.5. The van der Waals surface area contributed by atoms with Crippen LogP contribution in [0.25, 0.3) is 34.4 Å². The van der Waals surface area contributed by atoms with E-state index in [1.807, 2.05) is 0 Å². The van der Waals surface area contributed by atoms with Crippen molar-refractivity contribution in [3.63, 3.8) is 0 Å². The van der Waals surface area contributed by atoms with Crippen LogP contribution in [0.4, 0.5) is 0 Å². The Kier molecular flexibility index (Phi) is 9.76. The van der Waals surface area contributed by atoms with Gasteiger partial charge in [-0.2, -0.15) is 0 Å². The Balaban J connectivity index is 1.29. The van der Waals surface area contributed by atoms with Crippen molar-refractivity contribution in [3.8, 4) is 22.3 Å². The number of hydrogen-bond donors (Lipinski definition) is 0. The molecule has 0 nitrogen and oxygen atoms in total. The van der Waals surface area contributed by atoms with Crippen LogP contribution in [0.15, 0.2) is 96.1 Å². The SMILES string of the molecule is CCC1=Cc2c(ccc(CC(C)C)c2-c2ccccc2)C1C[SiH2]CC1C(CC)=Cc2c1ccc(CC(C)C)c2-c1ccccc1. The molecule has 6 rings (SSSR count). The van der Waals surface area contributed by atoms with Gasteiger partial charge in [-0.1, -0.05) is 162 Å². The highest BCUT2D eigenvalue weighted by Gasteiger charge is 2.31. The predicted molar refractivity (Wildman–Crippen MR) is 201 cm³/mol. The summed E-state index contributed by atoms with van der Waals surface area (Å²) in [5.41, 5.74) is 18.3. The standard InChI is InChI=1S/C44H52Si/c1-7-31-25-39-37(21-19-35(23-29(3)4)43(39)33-15-11-9-12-16-33)41(31)27-45-28-42-32(8-2)26-40-38(42)22-20-36(24-30(5)6)44(40)34-17-13-10-14-18-34/h9-22,25-26,29-30,41-42H,7-8,23-24,27-28,45H2,1-6H3. The Morgan fingerprint density at radius 2 is 0.933 bits per heavy atom. The molecule has 1 heteroatoms. The molecule has 0 radical (unpaired) electrons. The lowest BCUT2D eigenvalue weighted by molar-refractivity contribution is 0.647. The van der Waals surface area contributed by atoms with Crippen LogP contribution in [0.2, 0.25) is 12.1 Å². The lowest BCUT2D eigenvalue weighted by Gasteiger charge is -2.22. The zero-order valence-corrected chi connectivity index (χ0v) is 29.9. The van der Waals surface area contributed by atoms with Gasteiger partial charge in [-0.15, -0.1) is 0 Å². The minimum atomic E-state index is -0.296. The van der Waals surface area contributed by atoms with Crippen molar-refractivity contribution in [3.05, 3.63) is 129 Å². The van der Waals surface area contributed by atoms with Crippen LogP contribution in [0.5, 0.6) is 0 Å². The van der Waals surface area contributed by atoms with Crippen LogP contribution >= 0.6 is 0 Å². The summed E-state index contributed by atoms with van der Waals surface area (Å²) < 4.78 is 0. The highest BCUT2D eigenvalue weighted by atomic mass is 28.2. The van der Waals surface area contributed by atoms with Crippen molar-refractivity contribution in [1.82, 2.24) is 0 Å². The third-order valence-electron chi connectivity index (χ3n) is 10.2. The fraction of sp³-hybridized carbons (Fsp3) is 0.364. The molecule has 2 aliphatic rings. The highest BCUT2D eigenvalue weighted by molar-refractivity contribution is 6.36. The van der Waals surface area contributed by atoms with E-state index in [1.54, 1.807) is 22.3 Å². The summed E-state index contributed by atoms with van der Waals surface area (Å²) in [6.45, 7) is 14.1. The Bertz CT molecular complexity index is 1560. The Hall–Kier alpha value is -3.42. The van der Waals surface area contributed by atoms with Crippen LogP contribution < -0.4 is 0 Å². The van der Waals surface area contributed by atoms with Crippen molar-refractivity contribution in [2.75, 3.05) is 0 Å². The minimum Gasteiger partial charge on any atom is -0.0626 e. The molecule has 0 amide bonds. The second kappa shape index (κ2) is 13.9. The first-order chi connectivity index (χ1) is 21.9. The summed E-state index contributed by atoms with van der Waals surface area (Å²) in [5.74, 6) is 2.47. The van der Waals surface area contributed by atoms with Crippen LogP contribution in [-0.2, 0) is 12.8 Å². The molecule has 45 heavy (non-hydrogen) atoms. The normalized spacial score (nSPS) is 17.3. The quantitative estimate of drug-likeness (QED) is 0.140. The van der Waals surface area contributed by atoms with Gasteiger partial charge in [0.1, 0.15) is 0 Å². The van der Waals surface area contributed by atoms with E-state index in [1.165, 1.54) is 56.6 Å². The monoisotopic (exact) mass is 608 g/mol. The number of rotatable bonds is 12.